The van der Waals surface area contributed by atoms with Crippen molar-refractivity contribution in [1.29, 1.82) is 0 Å². The second-order valence-corrected chi connectivity index (χ2v) is 11.7. The molecule has 10 nitrogen and oxygen atoms in total. The van der Waals surface area contributed by atoms with Crippen LogP contribution in [-0.2, 0) is 29.1 Å². The molecule has 2 aromatic carbocycles. The van der Waals surface area contributed by atoms with Crippen LogP contribution in [0.4, 0.5) is 5.82 Å². The number of ether oxygens (including phenoxy) is 1. The highest BCUT2D eigenvalue weighted by molar-refractivity contribution is 6.06. The highest BCUT2D eigenvalue weighted by atomic mass is 16.5. The summed E-state index contributed by atoms with van der Waals surface area (Å²) < 4.78 is 7.78. The molecule has 3 heterocycles. The molecule has 234 valence electrons. The fourth-order valence-corrected chi connectivity index (χ4v) is 5.94. The van der Waals surface area contributed by atoms with Crippen molar-refractivity contribution in [2.45, 2.75) is 78.0 Å². The molecule has 4 aromatic rings. The van der Waals surface area contributed by atoms with Gasteiger partial charge in [0.2, 0.25) is 5.91 Å². The zero-order valence-electron chi connectivity index (χ0n) is 25.9. The number of aliphatic carboxylic acids is 1. The standard InChI is InChI=1S/C34H44N6O4/c1-3-4-13-29-37-31-32(27-11-6-7-12-28(27)36-33(31)35)40(29)21-10-20-39(30(41)23-38-18-8-5-9-19-38)22-25-14-16-26(17-15-25)44-24(2)34(42)43/h6-7,11-12,14-17,24H,3-5,8-10,13,18-23H2,1-2H3,(H2,35,36)(H,42,43). The summed E-state index contributed by atoms with van der Waals surface area (Å²) in [4.78, 5) is 38.6. The first-order valence-corrected chi connectivity index (χ1v) is 15.9. The lowest BCUT2D eigenvalue weighted by Crippen LogP contribution is -2.42. The SMILES string of the molecule is CCCCc1nc2c(N)nc3ccccc3c2n1CCCN(Cc1ccc(OC(C)C(=O)O)cc1)C(=O)CN1CCCCC1. The summed E-state index contributed by atoms with van der Waals surface area (Å²) in [6, 6.07) is 15.4. The minimum absolute atomic E-state index is 0.118. The number of carbonyl (C=O) groups excluding carboxylic acids is 1. The number of anilines is 1. The molecule has 1 fully saturated rings. The molecule has 0 bridgehead atoms. The summed E-state index contributed by atoms with van der Waals surface area (Å²) in [6.45, 7) is 7.77. The maximum Gasteiger partial charge on any atom is 0.344 e. The van der Waals surface area contributed by atoms with Gasteiger partial charge in [0, 0.05) is 31.4 Å². The number of unbranched alkanes of at least 4 members (excludes halogenated alkanes) is 1. The Bertz CT molecular complexity index is 1580. The summed E-state index contributed by atoms with van der Waals surface area (Å²) in [5.41, 5.74) is 9.97. The number of carboxylic acid groups (broad SMARTS) is 1. The van der Waals surface area contributed by atoms with Crippen molar-refractivity contribution in [3.63, 3.8) is 0 Å². The van der Waals surface area contributed by atoms with Crippen LogP contribution in [0.15, 0.2) is 48.5 Å². The van der Waals surface area contributed by atoms with E-state index in [0.29, 0.717) is 37.7 Å². The number of benzene rings is 2. The van der Waals surface area contributed by atoms with Crippen LogP contribution in [-0.4, -0.2) is 73.6 Å². The van der Waals surface area contributed by atoms with Crippen LogP contribution in [0.3, 0.4) is 0 Å². The Morgan fingerprint density at radius 2 is 1.80 bits per heavy atom. The van der Waals surface area contributed by atoms with Crippen LogP contribution >= 0.6 is 0 Å². The van der Waals surface area contributed by atoms with Gasteiger partial charge in [0.05, 0.1) is 17.6 Å². The van der Waals surface area contributed by atoms with E-state index in [1.165, 1.54) is 13.3 Å². The van der Waals surface area contributed by atoms with Gasteiger partial charge in [-0.05, 0) is 69.5 Å². The number of nitrogens with two attached hydrogens (primary N) is 1. The van der Waals surface area contributed by atoms with Crippen molar-refractivity contribution in [3.8, 4) is 5.75 Å². The van der Waals surface area contributed by atoms with Gasteiger partial charge in [0.15, 0.2) is 11.9 Å². The highest BCUT2D eigenvalue weighted by Gasteiger charge is 2.21. The average Bonchev–Trinajstić information content (AvgIpc) is 3.40. The lowest BCUT2D eigenvalue weighted by atomic mass is 10.1. The molecule has 1 aliphatic rings. The summed E-state index contributed by atoms with van der Waals surface area (Å²) in [7, 11) is 0. The Morgan fingerprint density at radius 3 is 2.52 bits per heavy atom. The third-order valence-corrected chi connectivity index (χ3v) is 8.37. The molecule has 0 spiro atoms. The maximum atomic E-state index is 13.7. The van der Waals surface area contributed by atoms with Crippen molar-refractivity contribution in [2.24, 2.45) is 0 Å². The van der Waals surface area contributed by atoms with Gasteiger partial charge in [0.25, 0.3) is 0 Å². The van der Waals surface area contributed by atoms with E-state index in [-0.39, 0.29) is 5.91 Å². The van der Waals surface area contributed by atoms with Crippen LogP contribution in [0.5, 0.6) is 5.75 Å². The van der Waals surface area contributed by atoms with Gasteiger partial charge in [-0.25, -0.2) is 14.8 Å². The smallest absolute Gasteiger partial charge is 0.344 e. The van der Waals surface area contributed by atoms with Crippen molar-refractivity contribution in [1.82, 2.24) is 24.3 Å². The summed E-state index contributed by atoms with van der Waals surface area (Å²) >= 11 is 0. The van der Waals surface area contributed by atoms with E-state index in [1.54, 1.807) is 12.1 Å². The Kier molecular flexibility index (Phi) is 10.3. The fourth-order valence-electron chi connectivity index (χ4n) is 5.94. The number of hydrogen-bond acceptors (Lipinski definition) is 7. The zero-order valence-corrected chi connectivity index (χ0v) is 25.9. The Balaban J connectivity index is 1.36. The monoisotopic (exact) mass is 600 g/mol. The van der Waals surface area contributed by atoms with Crippen LogP contribution in [0, 0.1) is 0 Å². The van der Waals surface area contributed by atoms with Crippen molar-refractivity contribution in [3.05, 3.63) is 59.9 Å². The molecule has 3 N–H and O–H groups in total. The molecule has 0 radical (unpaired) electrons. The molecule has 1 saturated heterocycles. The van der Waals surface area contributed by atoms with Crippen LogP contribution in [0.2, 0.25) is 0 Å². The predicted octanol–water partition coefficient (Wildman–Crippen LogP) is 5.27. The number of rotatable bonds is 14. The summed E-state index contributed by atoms with van der Waals surface area (Å²) in [6.07, 6.45) is 6.24. The number of fused-ring (bicyclic) bond motifs is 3. The van der Waals surface area contributed by atoms with Gasteiger partial charge >= 0.3 is 5.97 Å². The Hall–Kier alpha value is -4.18. The van der Waals surface area contributed by atoms with E-state index in [1.807, 2.05) is 35.2 Å². The molecule has 44 heavy (non-hydrogen) atoms. The number of nitrogen functional groups attached to an aromatic ring is 1. The molecule has 1 amide bonds. The van der Waals surface area contributed by atoms with Crippen LogP contribution in [0.25, 0.3) is 21.9 Å². The first-order chi connectivity index (χ1) is 21.3. The molecule has 1 atom stereocenters. The van der Waals surface area contributed by atoms with Gasteiger partial charge in [-0.3, -0.25) is 9.69 Å². The number of likely N-dealkylation sites (tertiary alicyclic amines) is 1. The first kappa shape index (κ1) is 31.3. The highest BCUT2D eigenvalue weighted by Crippen LogP contribution is 2.29. The number of amides is 1. The zero-order chi connectivity index (χ0) is 31.1. The number of hydrogen-bond donors (Lipinski definition) is 2. The quantitative estimate of drug-likeness (QED) is 0.201. The maximum absolute atomic E-state index is 13.7. The van der Waals surface area contributed by atoms with Crippen molar-refractivity contribution >= 4 is 39.6 Å². The first-order valence-electron chi connectivity index (χ1n) is 15.9. The van der Waals surface area contributed by atoms with E-state index in [2.05, 4.69) is 27.4 Å². The van der Waals surface area contributed by atoms with Gasteiger partial charge in [-0.15, -0.1) is 0 Å². The number of imidazole rings is 1. The third-order valence-electron chi connectivity index (χ3n) is 8.37. The number of pyridine rings is 1. The number of aromatic nitrogens is 3. The topological polar surface area (TPSA) is 127 Å². The Labute approximate surface area is 258 Å². The van der Waals surface area contributed by atoms with Crippen LogP contribution < -0.4 is 10.5 Å². The fraction of sp³-hybridized carbons (Fsp3) is 0.471. The number of carbonyl (C=O) groups is 2. The van der Waals surface area contributed by atoms with Crippen molar-refractivity contribution in [2.75, 3.05) is 31.9 Å². The number of nitrogens with zero attached hydrogens (tertiary/aromatic N) is 5. The van der Waals surface area contributed by atoms with Gasteiger partial charge < -0.3 is 25.0 Å². The number of para-hydroxylation sites is 1. The minimum Gasteiger partial charge on any atom is -0.479 e. The molecule has 0 saturated carbocycles. The second-order valence-electron chi connectivity index (χ2n) is 11.7. The molecule has 10 heteroatoms. The molecule has 2 aromatic heterocycles. The average molecular weight is 601 g/mol. The van der Waals surface area contributed by atoms with E-state index < -0.39 is 12.1 Å². The molecule has 0 aliphatic carbocycles. The normalized spacial score (nSPS) is 14.6. The number of carboxylic acids is 1. The van der Waals surface area contributed by atoms with E-state index in [9.17, 15) is 9.59 Å². The van der Waals surface area contributed by atoms with Crippen LogP contribution in [0.1, 0.15) is 63.8 Å². The molecular weight excluding hydrogens is 556 g/mol. The second kappa shape index (κ2) is 14.5. The molecule has 1 aliphatic heterocycles. The van der Waals surface area contributed by atoms with Gasteiger partial charge in [0.1, 0.15) is 17.1 Å². The lowest BCUT2D eigenvalue weighted by molar-refractivity contribution is -0.144. The minimum atomic E-state index is -1.01. The largest absolute Gasteiger partial charge is 0.479 e. The number of piperidine rings is 1. The van der Waals surface area contributed by atoms with Gasteiger partial charge in [-0.1, -0.05) is 50.1 Å². The third kappa shape index (κ3) is 7.48. The molecule has 5 rings (SSSR count). The lowest BCUT2D eigenvalue weighted by Gasteiger charge is -2.30. The predicted molar refractivity (Wildman–Crippen MR) is 173 cm³/mol. The van der Waals surface area contributed by atoms with E-state index in [0.717, 1.165) is 84.9 Å². The van der Waals surface area contributed by atoms with E-state index >= 15 is 0 Å². The Morgan fingerprint density at radius 1 is 1.05 bits per heavy atom. The molecular formula is C34H44N6O4. The molecule has 1 unspecified atom stereocenters. The van der Waals surface area contributed by atoms with Crippen molar-refractivity contribution < 1.29 is 19.4 Å². The van der Waals surface area contributed by atoms with Gasteiger partial charge in [-0.2, -0.15) is 0 Å². The summed E-state index contributed by atoms with van der Waals surface area (Å²) in [5, 5.41) is 10.2. The number of aryl methyl sites for hydroxylation is 2. The van der Waals surface area contributed by atoms with E-state index in [4.69, 9.17) is 20.6 Å². The summed E-state index contributed by atoms with van der Waals surface area (Å²) in [5.74, 6) is 1.04.